The second-order valence-electron chi connectivity index (χ2n) is 8.74. The molecule has 0 spiro atoms. The van der Waals surface area contributed by atoms with Crippen LogP contribution in [0.2, 0.25) is 0 Å². The monoisotopic (exact) mass is 453 g/mol. The van der Waals surface area contributed by atoms with Crippen LogP contribution in [-0.4, -0.2) is 12.0 Å². The van der Waals surface area contributed by atoms with Crippen LogP contribution in [0.25, 0.3) is 0 Å². The van der Waals surface area contributed by atoms with Crippen LogP contribution in [0.4, 0.5) is 10.1 Å². The van der Waals surface area contributed by atoms with E-state index in [1.807, 2.05) is 33.1 Å². The zero-order chi connectivity index (χ0) is 22.5. The van der Waals surface area contributed by atoms with Crippen LogP contribution in [-0.2, 0) is 4.79 Å². The lowest BCUT2D eigenvalue weighted by atomic mass is 9.69. The van der Waals surface area contributed by atoms with Gasteiger partial charge in [0.25, 0.3) is 0 Å². The number of allylic oxidation sites excluding steroid dienone is 3. The number of para-hydroxylation sites is 1. The van der Waals surface area contributed by atoms with Gasteiger partial charge in [0.1, 0.15) is 11.6 Å². The molecule has 31 heavy (non-hydrogen) atoms. The Morgan fingerprint density at radius 2 is 2.03 bits per heavy atom. The zero-order valence-corrected chi connectivity index (χ0v) is 19.6. The third-order valence-electron chi connectivity index (χ3n) is 5.82. The molecule has 1 aromatic heterocycles. The van der Waals surface area contributed by atoms with Crippen molar-refractivity contribution in [2.75, 3.05) is 11.2 Å². The number of rotatable bonds is 3. The summed E-state index contributed by atoms with van der Waals surface area (Å²) in [6, 6.07) is 10.6. The predicted octanol–water partition coefficient (Wildman–Crippen LogP) is 5.86. The van der Waals surface area contributed by atoms with Gasteiger partial charge >= 0.3 is 0 Å². The normalized spacial score (nSPS) is 20.7. The number of nitrogens with two attached hydrogens (primary N) is 1. The highest BCUT2D eigenvalue weighted by Gasteiger charge is 2.45. The smallest absolute Gasteiger partial charge is 0.162 e. The summed E-state index contributed by atoms with van der Waals surface area (Å²) < 4.78 is 15.9. The molecule has 160 valence electrons. The Hall–Kier alpha value is -2.56. The molecule has 0 saturated heterocycles. The summed E-state index contributed by atoms with van der Waals surface area (Å²) in [6.45, 7) is 6.08. The summed E-state index contributed by atoms with van der Waals surface area (Å²) in [5.41, 5.74) is 9.04. The van der Waals surface area contributed by atoms with Crippen LogP contribution in [0.15, 0.2) is 57.2 Å². The van der Waals surface area contributed by atoms with Crippen molar-refractivity contribution in [1.82, 2.24) is 0 Å². The minimum Gasteiger partial charge on any atom is -0.384 e. The van der Waals surface area contributed by atoms with Gasteiger partial charge in [0.05, 0.1) is 27.5 Å². The molecule has 7 heteroatoms. The quantitative estimate of drug-likeness (QED) is 0.590. The first-order chi connectivity index (χ1) is 14.7. The minimum atomic E-state index is -0.529. The van der Waals surface area contributed by atoms with Gasteiger partial charge in [0.15, 0.2) is 5.78 Å². The third kappa shape index (κ3) is 3.58. The molecular formula is C24H24FN3OS2. The molecule has 2 N–H and O–H groups in total. The maximum absolute atomic E-state index is 14.9. The first-order valence-electron chi connectivity index (χ1n) is 10.0. The van der Waals surface area contributed by atoms with Crippen LogP contribution in [0.5, 0.6) is 0 Å². The van der Waals surface area contributed by atoms with Crippen LogP contribution in [0.3, 0.4) is 0 Å². The molecule has 0 fully saturated rings. The fourth-order valence-electron chi connectivity index (χ4n) is 4.60. The molecule has 1 aliphatic heterocycles. The highest BCUT2D eigenvalue weighted by Crippen LogP contribution is 2.52. The zero-order valence-electron chi connectivity index (χ0n) is 18.0. The Labute approximate surface area is 190 Å². The predicted molar refractivity (Wildman–Crippen MR) is 124 cm³/mol. The van der Waals surface area contributed by atoms with Crippen LogP contribution in [0.1, 0.15) is 43.0 Å². The van der Waals surface area contributed by atoms with Gasteiger partial charge < -0.3 is 5.73 Å². The van der Waals surface area contributed by atoms with E-state index in [0.29, 0.717) is 29.7 Å². The van der Waals surface area contributed by atoms with Gasteiger partial charge in [-0.05, 0) is 48.8 Å². The van der Waals surface area contributed by atoms with Crippen LogP contribution < -0.4 is 10.6 Å². The number of thiophene rings is 1. The summed E-state index contributed by atoms with van der Waals surface area (Å²) in [5.74, 6) is -0.787. The number of carbonyl (C=O) groups excluding carboxylic acids is 1. The Balaban J connectivity index is 2.04. The van der Waals surface area contributed by atoms with E-state index in [0.717, 1.165) is 14.6 Å². The molecule has 4 rings (SSSR count). The van der Waals surface area contributed by atoms with Gasteiger partial charge in [-0.2, -0.15) is 5.26 Å². The minimum absolute atomic E-state index is 0.00579. The molecule has 0 bridgehead atoms. The number of carbonyl (C=O) groups is 1. The first-order valence-corrected chi connectivity index (χ1v) is 12.1. The van der Waals surface area contributed by atoms with Crippen molar-refractivity contribution in [2.24, 2.45) is 11.1 Å². The number of halogens is 1. The van der Waals surface area contributed by atoms with E-state index in [2.05, 4.69) is 6.07 Å². The largest absolute Gasteiger partial charge is 0.384 e. The average Bonchev–Trinajstić information content (AvgIpc) is 3.07. The van der Waals surface area contributed by atoms with Crippen molar-refractivity contribution in [3.8, 4) is 6.07 Å². The van der Waals surface area contributed by atoms with E-state index in [1.165, 1.54) is 6.07 Å². The number of aryl methyl sites for hydroxylation is 1. The highest BCUT2D eigenvalue weighted by molar-refractivity contribution is 8.00. The Morgan fingerprint density at radius 1 is 1.32 bits per heavy atom. The van der Waals surface area contributed by atoms with Gasteiger partial charge in [-0.25, -0.2) is 4.39 Å². The van der Waals surface area contributed by atoms with Gasteiger partial charge in [-0.15, -0.1) is 23.1 Å². The van der Waals surface area contributed by atoms with Gasteiger partial charge in [-0.1, -0.05) is 26.0 Å². The van der Waals surface area contributed by atoms with Crippen molar-refractivity contribution in [1.29, 1.82) is 5.26 Å². The molecule has 0 saturated carbocycles. The van der Waals surface area contributed by atoms with Crippen molar-refractivity contribution < 1.29 is 9.18 Å². The third-order valence-corrected chi connectivity index (χ3v) is 8.04. The number of nitriles is 1. The van der Waals surface area contributed by atoms with E-state index in [4.69, 9.17) is 5.73 Å². The Bertz CT molecular complexity index is 1190. The summed E-state index contributed by atoms with van der Waals surface area (Å²) in [5, 5.41) is 10.1. The first kappa shape index (κ1) is 21.7. The van der Waals surface area contributed by atoms with Crippen molar-refractivity contribution in [3.05, 3.63) is 69.3 Å². The van der Waals surface area contributed by atoms with E-state index in [-0.39, 0.29) is 22.7 Å². The number of anilines is 1. The fraction of sp³-hybridized carbons (Fsp3) is 0.333. The molecule has 4 nitrogen and oxygen atoms in total. The number of ketones is 1. The van der Waals surface area contributed by atoms with E-state index in [9.17, 15) is 14.4 Å². The molecule has 1 aromatic carbocycles. The molecule has 0 unspecified atom stereocenters. The molecule has 1 atom stereocenters. The number of benzene rings is 1. The van der Waals surface area contributed by atoms with E-state index < -0.39 is 11.7 Å². The van der Waals surface area contributed by atoms with Gasteiger partial charge in [0.2, 0.25) is 0 Å². The lowest BCUT2D eigenvalue weighted by Gasteiger charge is -2.43. The Morgan fingerprint density at radius 3 is 2.68 bits per heavy atom. The molecule has 2 heterocycles. The number of hydrogen-bond acceptors (Lipinski definition) is 6. The molecule has 1 aliphatic carbocycles. The fourth-order valence-corrected chi connectivity index (χ4v) is 6.51. The van der Waals surface area contributed by atoms with E-state index >= 15 is 0 Å². The molecule has 2 aliphatic rings. The lowest BCUT2D eigenvalue weighted by Crippen LogP contribution is -2.42. The van der Waals surface area contributed by atoms with Crippen molar-refractivity contribution >= 4 is 34.6 Å². The maximum Gasteiger partial charge on any atom is 0.162 e. The second kappa shape index (κ2) is 7.85. The van der Waals surface area contributed by atoms with Crippen molar-refractivity contribution in [3.63, 3.8) is 0 Å². The summed E-state index contributed by atoms with van der Waals surface area (Å²) in [7, 11) is 0. The topological polar surface area (TPSA) is 70.1 Å². The van der Waals surface area contributed by atoms with Crippen LogP contribution >= 0.6 is 23.1 Å². The summed E-state index contributed by atoms with van der Waals surface area (Å²) in [6.07, 6.45) is 2.93. The van der Waals surface area contributed by atoms with Crippen LogP contribution in [0, 0.1) is 29.5 Å². The standard InChI is InChI=1S/C24H24FN3OS2/c1-13-9-14(23(30-4)31-13)20-15(12-26)22(27)28(17-8-6-5-7-16(17)25)18-10-24(2,3)11-19(29)21(18)20/h5-9,20H,10-11,27H2,1-4H3/t20-/m1/s1. The van der Waals surface area contributed by atoms with Gasteiger partial charge in [0, 0.05) is 22.6 Å². The van der Waals surface area contributed by atoms with E-state index in [1.54, 1.807) is 46.2 Å². The lowest BCUT2D eigenvalue weighted by molar-refractivity contribution is -0.118. The highest BCUT2D eigenvalue weighted by atomic mass is 32.2. The molecule has 0 amide bonds. The number of nitrogens with zero attached hydrogens (tertiary/aromatic N) is 2. The summed E-state index contributed by atoms with van der Waals surface area (Å²) in [4.78, 5) is 16.2. The number of Topliss-reactive ketones (excluding diaryl/α,β-unsaturated/α-hetero) is 1. The maximum atomic E-state index is 14.9. The Kier molecular flexibility index (Phi) is 5.48. The van der Waals surface area contributed by atoms with Gasteiger partial charge in [-0.3, -0.25) is 9.69 Å². The van der Waals surface area contributed by atoms with Crippen molar-refractivity contribution in [2.45, 2.75) is 43.7 Å². The number of thioether (sulfide) groups is 1. The SMILES string of the molecule is CSc1sc(C)cc1[C@@H]1C(C#N)=C(N)N(c2ccccc2F)C2=C1C(=O)CC(C)(C)C2. The number of hydrogen-bond donors (Lipinski definition) is 1. The average molecular weight is 454 g/mol. The molecular weight excluding hydrogens is 429 g/mol. The molecule has 2 aromatic rings. The second-order valence-corrected chi connectivity index (χ2v) is 11.1. The summed E-state index contributed by atoms with van der Waals surface area (Å²) >= 11 is 3.25. The molecule has 0 radical (unpaired) electrons.